The average molecular weight is 348 g/mol. The van der Waals surface area contributed by atoms with Gasteiger partial charge in [0.1, 0.15) is 5.82 Å². The van der Waals surface area contributed by atoms with E-state index in [1.165, 1.54) is 0 Å². The van der Waals surface area contributed by atoms with Gasteiger partial charge in [0.05, 0.1) is 11.8 Å². The molecule has 1 saturated carbocycles. The Labute approximate surface area is 150 Å². The summed E-state index contributed by atoms with van der Waals surface area (Å²) in [5.74, 6) is 1.63. The van der Waals surface area contributed by atoms with Crippen molar-refractivity contribution < 1.29 is 4.79 Å². The van der Waals surface area contributed by atoms with E-state index >= 15 is 0 Å². The highest BCUT2D eigenvalue weighted by atomic mass is 16.2. The van der Waals surface area contributed by atoms with Crippen molar-refractivity contribution in [3.63, 3.8) is 0 Å². The van der Waals surface area contributed by atoms with E-state index in [4.69, 9.17) is 0 Å². The SMILES string of the molecule is O=C(c1cnc(C2CC2)nc1)N1CCC[C@@H](c2ccc3cn[nH]c3n2)C1. The quantitative estimate of drug-likeness (QED) is 0.786. The minimum atomic E-state index is 0.0136. The molecule has 0 unspecified atom stereocenters. The number of rotatable bonds is 3. The molecule has 5 rings (SSSR count). The maximum Gasteiger partial charge on any atom is 0.257 e. The maximum absolute atomic E-state index is 12.9. The van der Waals surface area contributed by atoms with Gasteiger partial charge in [-0.05, 0) is 37.8 Å². The van der Waals surface area contributed by atoms with Gasteiger partial charge >= 0.3 is 0 Å². The third-order valence-corrected chi connectivity index (χ3v) is 5.31. The highest BCUT2D eigenvalue weighted by molar-refractivity contribution is 5.93. The highest BCUT2D eigenvalue weighted by Gasteiger charge is 2.29. The number of aromatic nitrogens is 5. The zero-order chi connectivity index (χ0) is 17.5. The number of nitrogens with one attached hydrogen (secondary N) is 1. The van der Waals surface area contributed by atoms with Crippen molar-refractivity contribution in [2.24, 2.45) is 0 Å². The Kier molecular flexibility index (Phi) is 3.65. The Bertz CT molecular complexity index is 946. The van der Waals surface area contributed by atoms with Crippen LogP contribution >= 0.6 is 0 Å². The molecule has 26 heavy (non-hydrogen) atoms. The molecule has 7 nitrogen and oxygen atoms in total. The van der Waals surface area contributed by atoms with Crippen LogP contribution in [0.4, 0.5) is 0 Å². The number of carbonyl (C=O) groups is 1. The zero-order valence-electron chi connectivity index (χ0n) is 14.4. The summed E-state index contributed by atoms with van der Waals surface area (Å²) in [4.78, 5) is 28.2. The van der Waals surface area contributed by atoms with Crippen LogP contribution in [0.2, 0.25) is 0 Å². The van der Waals surface area contributed by atoms with Crippen molar-refractivity contribution in [3.05, 3.63) is 47.8 Å². The molecule has 1 N–H and O–H groups in total. The Hall–Kier alpha value is -2.83. The lowest BCUT2D eigenvalue weighted by Crippen LogP contribution is -2.39. The summed E-state index contributed by atoms with van der Waals surface area (Å²) in [6, 6.07) is 4.08. The predicted molar refractivity (Wildman–Crippen MR) is 95.8 cm³/mol. The summed E-state index contributed by atoms with van der Waals surface area (Å²) in [6.45, 7) is 1.45. The van der Waals surface area contributed by atoms with Crippen molar-refractivity contribution in [2.45, 2.75) is 37.5 Å². The number of likely N-dealkylation sites (tertiary alicyclic amines) is 1. The topological polar surface area (TPSA) is 87.7 Å². The standard InChI is InChI=1S/C19H20N6O/c26-19(15-8-20-17(21-9-15)12-3-4-12)25-7-1-2-14(11-25)16-6-5-13-10-22-24-18(13)23-16/h5-6,8-10,12,14H,1-4,7,11H2,(H,22,23,24)/t14-/m1/s1. The molecule has 0 bridgehead atoms. The van der Waals surface area contributed by atoms with E-state index in [-0.39, 0.29) is 11.8 Å². The van der Waals surface area contributed by atoms with Gasteiger partial charge in [-0.25, -0.2) is 15.0 Å². The van der Waals surface area contributed by atoms with Gasteiger partial charge in [0, 0.05) is 48.4 Å². The van der Waals surface area contributed by atoms with Gasteiger partial charge in [0.2, 0.25) is 0 Å². The van der Waals surface area contributed by atoms with E-state index in [0.717, 1.165) is 54.8 Å². The van der Waals surface area contributed by atoms with Crippen molar-refractivity contribution in [1.29, 1.82) is 0 Å². The predicted octanol–water partition coefficient (Wildman–Crippen LogP) is 2.65. The molecule has 0 spiro atoms. The minimum absolute atomic E-state index is 0.0136. The maximum atomic E-state index is 12.9. The Balaban J connectivity index is 1.33. The molecule has 7 heteroatoms. The number of pyridine rings is 1. The van der Waals surface area contributed by atoms with Gasteiger partial charge in [-0.3, -0.25) is 9.89 Å². The minimum Gasteiger partial charge on any atom is -0.338 e. The van der Waals surface area contributed by atoms with Gasteiger partial charge < -0.3 is 4.90 Å². The van der Waals surface area contributed by atoms with Crippen molar-refractivity contribution in [2.75, 3.05) is 13.1 Å². The van der Waals surface area contributed by atoms with Crippen molar-refractivity contribution in [1.82, 2.24) is 30.0 Å². The lowest BCUT2D eigenvalue weighted by atomic mass is 9.93. The molecule has 1 saturated heterocycles. The molecule has 1 aliphatic carbocycles. The first-order valence-corrected chi connectivity index (χ1v) is 9.19. The van der Waals surface area contributed by atoms with Crippen LogP contribution in [0.1, 0.15) is 59.4 Å². The molecule has 1 aliphatic heterocycles. The van der Waals surface area contributed by atoms with Crippen LogP contribution < -0.4 is 0 Å². The Morgan fingerprint density at radius 2 is 1.92 bits per heavy atom. The molecular formula is C19H20N6O. The van der Waals surface area contributed by atoms with Crippen LogP contribution in [-0.2, 0) is 0 Å². The molecule has 0 radical (unpaired) electrons. The number of piperidine rings is 1. The number of hydrogen-bond acceptors (Lipinski definition) is 5. The first-order valence-electron chi connectivity index (χ1n) is 9.19. The van der Waals surface area contributed by atoms with E-state index in [9.17, 15) is 4.79 Å². The summed E-state index contributed by atoms with van der Waals surface area (Å²) in [7, 11) is 0. The molecule has 3 aromatic heterocycles. The first-order chi connectivity index (χ1) is 12.8. The molecule has 3 aromatic rings. The number of nitrogens with zero attached hydrogens (tertiary/aromatic N) is 5. The van der Waals surface area contributed by atoms with E-state index < -0.39 is 0 Å². The number of fused-ring (bicyclic) bond motifs is 1. The normalized spacial score (nSPS) is 20.5. The van der Waals surface area contributed by atoms with Gasteiger partial charge in [0.15, 0.2) is 5.65 Å². The largest absolute Gasteiger partial charge is 0.338 e. The Morgan fingerprint density at radius 1 is 1.08 bits per heavy atom. The second kappa shape index (κ2) is 6.16. The smallest absolute Gasteiger partial charge is 0.257 e. The van der Waals surface area contributed by atoms with Crippen LogP contribution in [0.5, 0.6) is 0 Å². The molecule has 132 valence electrons. The summed E-state index contributed by atoms with van der Waals surface area (Å²) < 4.78 is 0. The van der Waals surface area contributed by atoms with Crippen LogP contribution in [0, 0.1) is 0 Å². The fraction of sp³-hybridized carbons (Fsp3) is 0.421. The molecule has 1 atom stereocenters. The van der Waals surface area contributed by atoms with E-state index in [2.05, 4.69) is 25.1 Å². The van der Waals surface area contributed by atoms with E-state index in [1.54, 1.807) is 18.6 Å². The summed E-state index contributed by atoms with van der Waals surface area (Å²) in [6.07, 6.45) is 9.47. The van der Waals surface area contributed by atoms with Crippen LogP contribution in [0.25, 0.3) is 11.0 Å². The molecule has 4 heterocycles. The lowest BCUT2D eigenvalue weighted by molar-refractivity contribution is 0.0705. The third-order valence-electron chi connectivity index (χ3n) is 5.31. The number of amides is 1. The van der Waals surface area contributed by atoms with Crippen LogP contribution in [-0.4, -0.2) is 49.0 Å². The van der Waals surface area contributed by atoms with Crippen molar-refractivity contribution in [3.8, 4) is 0 Å². The number of aromatic amines is 1. The monoisotopic (exact) mass is 348 g/mol. The van der Waals surface area contributed by atoms with Crippen LogP contribution in [0.3, 0.4) is 0 Å². The van der Waals surface area contributed by atoms with E-state index in [1.807, 2.05) is 17.0 Å². The van der Waals surface area contributed by atoms with Gasteiger partial charge in [-0.2, -0.15) is 5.10 Å². The molecule has 2 fully saturated rings. The third kappa shape index (κ3) is 2.83. The zero-order valence-corrected chi connectivity index (χ0v) is 14.4. The Morgan fingerprint density at radius 3 is 2.73 bits per heavy atom. The van der Waals surface area contributed by atoms with E-state index in [0.29, 0.717) is 18.0 Å². The van der Waals surface area contributed by atoms with Crippen LogP contribution in [0.15, 0.2) is 30.7 Å². The fourth-order valence-corrected chi connectivity index (χ4v) is 3.66. The molecule has 0 aromatic carbocycles. The second-order valence-electron chi connectivity index (χ2n) is 7.24. The number of hydrogen-bond donors (Lipinski definition) is 1. The van der Waals surface area contributed by atoms with Gasteiger partial charge in [-0.1, -0.05) is 0 Å². The van der Waals surface area contributed by atoms with Crippen molar-refractivity contribution >= 4 is 16.9 Å². The second-order valence-corrected chi connectivity index (χ2v) is 7.24. The molecular weight excluding hydrogens is 328 g/mol. The fourth-order valence-electron chi connectivity index (χ4n) is 3.66. The number of H-pyrrole nitrogens is 1. The van der Waals surface area contributed by atoms with Gasteiger partial charge in [0.25, 0.3) is 5.91 Å². The molecule has 2 aliphatic rings. The summed E-state index contributed by atoms with van der Waals surface area (Å²) in [5.41, 5.74) is 2.39. The first kappa shape index (κ1) is 15.4. The lowest BCUT2D eigenvalue weighted by Gasteiger charge is -2.32. The number of carbonyl (C=O) groups excluding carboxylic acids is 1. The highest BCUT2D eigenvalue weighted by Crippen LogP contribution is 2.37. The molecule has 1 amide bonds. The average Bonchev–Trinajstić information content (AvgIpc) is 3.44. The van der Waals surface area contributed by atoms with Gasteiger partial charge in [-0.15, -0.1) is 0 Å². The summed E-state index contributed by atoms with van der Waals surface area (Å²) in [5, 5.41) is 7.95. The summed E-state index contributed by atoms with van der Waals surface area (Å²) >= 11 is 0.